The molecule has 0 aromatic heterocycles. The Morgan fingerprint density at radius 2 is 1.62 bits per heavy atom. The van der Waals surface area contributed by atoms with E-state index in [2.05, 4.69) is 17.0 Å². The number of carbonyl (C=O) groups excluding carboxylic acids is 4. The van der Waals surface area contributed by atoms with Gasteiger partial charge in [0.2, 0.25) is 17.6 Å². The smallest absolute Gasteiger partial charge is 0.233 e. The molecular weight excluding hydrogens is 608 g/mol. The molecule has 1 N–H and O–H groups in total. The minimum atomic E-state index is -0.576. The first-order chi connectivity index (χ1) is 23.2. The van der Waals surface area contributed by atoms with Gasteiger partial charge in [-0.1, -0.05) is 54.1 Å². The van der Waals surface area contributed by atoms with Crippen LogP contribution in [0.4, 0.5) is 0 Å². The van der Waals surface area contributed by atoms with Gasteiger partial charge in [-0.3, -0.25) is 29.0 Å². The topological polar surface area (TPSA) is 113 Å². The number of hydrogen-bond donors (Lipinski definition) is 1. The number of likely N-dealkylation sites (tertiary alicyclic amines) is 2. The predicted molar refractivity (Wildman–Crippen MR) is 179 cm³/mol. The van der Waals surface area contributed by atoms with Crippen molar-refractivity contribution < 1.29 is 33.8 Å². The van der Waals surface area contributed by atoms with Gasteiger partial charge in [0.15, 0.2) is 23.1 Å². The number of carbonyl (C=O) groups is 4. The van der Waals surface area contributed by atoms with Crippen molar-refractivity contribution >= 4 is 29.5 Å². The van der Waals surface area contributed by atoms with Crippen LogP contribution < -0.4 is 9.47 Å². The molecule has 2 amide bonds. The molecule has 248 valence electrons. The number of amides is 2. The molecule has 7 rings (SSSR count). The standard InChI is InChI=1S/C39H40N2O7/c1-22-17-31(42)34-27(10-9-24-18-32(47-2)37(44)33(19-24)48-3)26-11-12-28-35(29(26)20-30(34)36(22)43)39(46)41(38(28)45)25-13-15-40(16-14-25)21-23-7-5-4-6-8-23/h4-11,17-19,25,27-29,35,44H,12-16,20-21H2,1-3H3/t27-,28-,29+,35-/m0/s1. The average molecular weight is 649 g/mol. The fraction of sp³-hybridized carbons (Fsp3) is 0.385. The molecule has 0 bridgehead atoms. The lowest BCUT2D eigenvalue weighted by atomic mass is 9.60. The quantitative estimate of drug-likeness (QED) is 0.252. The van der Waals surface area contributed by atoms with Crippen molar-refractivity contribution in [3.63, 3.8) is 0 Å². The van der Waals surface area contributed by atoms with Gasteiger partial charge < -0.3 is 14.6 Å². The third-order valence-corrected chi connectivity index (χ3v) is 10.8. The van der Waals surface area contributed by atoms with Crippen LogP contribution in [-0.4, -0.2) is 71.6 Å². The maximum atomic E-state index is 14.3. The number of ketones is 2. The molecule has 5 aliphatic rings. The number of aromatic hydroxyl groups is 1. The van der Waals surface area contributed by atoms with E-state index < -0.39 is 17.8 Å². The summed E-state index contributed by atoms with van der Waals surface area (Å²) >= 11 is 0. The largest absolute Gasteiger partial charge is 0.502 e. The van der Waals surface area contributed by atoms with Crippen LogP contribution in [0, 0.1) is 23.7 Å². The first kappa shape index (κ1) is 31.8. The van der Waals surface area contributed by atoms with Crippen LogP contribution >= 0.6 is 0 Å². The summed E-state index contributed by atoms with van der Waals surface area (Å²) in [7, 11) is 2.90. The summed E-state index contributed by atoms with van der Waals surface area (Å²) in [6.07, 6.45) is 9.24. The third-order valence-electron chi connectivity index (χ3n) is 10.8. The van der Waals surface area contributed by atoms with Gasteiger partial charge >= 0.3 is 0 Å². The van der Waals surface area contributed by atoms with Crippen molar-refractivity contribution in [3.8, 4) is 17.2 Å². The van der Waals surface area contributed by atoms with E-state index in [-0.39, 0.29) is 59.0 Å². The zero-order valence-corrected chi connectivity index (χ0v) is 27.5. The molecule has 0 radical (unpaired) electrons. The maximum absolute atomic E-state index is 14.3. The number of imide groups is 1. The maximum Gasteiger partial charge on any atom is 0.233 e. The number of benzene rings is 2. The van der Waals surface area contributed by atoms with Gasteiger partial charge in [-0.15, -0.1) is 0 Å². The van der Waals surface area contributed by atoms with E-state index in [1.54, 1.807) is 24.0 Å². The second-order valence-corrected chi connectivity index (χ2v) is 13.4. The molecule has 0 spiro atoms. The highest BCUT2D eigenvalue weighted by Gasteiger charge is 2.57. The van der Waals surface area contributed by atoms with E-state index >= 15 is 0 Å². The van der Waals surface area contributed by atoms with E-state index in [9.17, 15) is 24.3 Å². The number of Topliss-reactive ketones (excluding diaryl/α,β-unsaturated/α-hetero) is 1. The Labute approximate surface area is 280 Å². The van der Waals surface area contributed by atoms with Crippen LogP contribution in [0.2, 0.25) is 0 Å². The summed E-state index contributed by atoms with van der Waals surface area (Å²) in [4.78, 5) is 59.3. The second kappa shape index (κ2) is 12.7. The molecule has 3 aliphatic carbocycles. The van der Waals surface area contributed by atoms with Crippen molar-refractivity contribution in [3.05, 3.63) is 94.1 Å². The van der Waals surface area contributed by atoms with E-state index in [1.807, 2.05) is 36.4 Å². The molecule has 2 heterocycles. The zero-order chi connectivity index (χ0) is 33.7. The average Bonchev–Trinajstić information content (AvgIpc) is 3.36. The molecule has 4 atom stereocenters. The number of phenolic OH excluding ortho intramolecular Hbond substituents is 1. The van der Waals surface area contributed by atoms with Gasteiger partial charge in [0.1, 0.15) is 0 Å². The molecule has 0 saturated carbocycles. The fourth-order valence-corrected chi connectivity index (χ4v) is 8.44. The Morgan fingerprint density at radius 3 is 2.29 bits per heavy atom. The molecule has 0 unspecified atom stereocenters. The van der Waals surface area contributed by atoms with Gasteiger partial charge in [0.05, 0.1) is 26.1 Å². The summed E-state index contributed by atoms with van der Waals surface area (Å²) in [5.41, 5.74) is 4.06. The Balaban J connectivity index is 1.18. The molecule has 48 heavy (non-hydrogen) atoms. The SMILES string of the molecule is COc1cc(C=C[C@H]2C3=CC[C@@H]4C(=O)N(C5CCN(Cc6ccccc6)CC5)C(=O)[C@@H]4[C@@H]3CC3=C2C(=O)C=C(C)C3=O)cc(OC)c1O. The van der Waals surface area contributed by atoms with E-state index in [1.165, 1.54) is 25.9 Å². The molecule has 9 heteroatoms. The monoisotopic (exact) mass is 648 g/mol. The van der Waals surface area contributed by atoms with Crippen molar-refractivity contribution in [2.24, 2.45) is 23.7 Å². The Hall–Kier alpha value is -4.76. The number of allylic oxidation sites excluding steroid dienone is 7. The van der Waals surface area contributed by atoms with Crippen molar-refractivity contribution in [2.45, 2.75) is 45.2 Å². The van der Waals surface area contributed by atoms with E-state index in [0.29, 0.717) is 28.7 Å². The van der Waals surface area contributed by atoms with Crippen LogP contribution in [0.5, 0.6) is 17.2 Å². The van der Waals surface area contributed by atoms with Gasteiger partial charge in [-0.25, -0.2) is 0 Å². The normalized spacial score (nSPS) is 26.4. The van der Waals surface area contributed by atoms with Crippen LogP contribution in [0.15, 0.2) is 83.0 Å². The molecule has 9 nitrogen and oxygen atoms in total. The fourth-order valence-electron chi connectivity index (χ4n) is 8.44. The molecule has 2 aliphatic heterocycles. The Kier molecular flexibility index (Phi) is 8.41. The predicted octanol–water partition coefficient (Wildman–Crippen LogP) is 5.05. The van der Waals surface area contributed by atoms with Gasteiger partial charge in [-0.05, 0) is 67.9 Å². The number of hydrogen-bond acceptors (Lipinski definition) is 8. The van der Waals surface area contributed by atoms with Crippen molar-refractivity contribution in [2.75, 3.05) is 27.3 Å². The highest BCUT2D eigenvalue weighted by Crippen LogP contribution is 2.53. The van der Waals surface area contributed by atoms with Crippen LogP contribution in [0.1, 0.15) is 43.7 Å². The first-order valence-electron chi connectivity index (χ1n) is 16.7. The number of methoxy groups -OCH3 is 2. The van der Waals surface area contributed by atoms with E-state index in [0.717, 1.165) is 38.0 Å². The van der Waals surface area contributed by atoms with Crippen LogP contribution in [0.3, 0.4) is 0 Å². The van der Waals surface area contributed by atoms with Gasteiger partial charge in [0, 0.05) is 48.3 Å². The molecule has 2 fully saturated rings. The summed E-state index contributed by atoms with van der Waals surface area (Å²) < 4.78 is 10.7. The van der Waals surface area contributed by atoms with Gasteiger partial charge in [0.25, 0.3) is 0 Å². The molecular formula is C39H40N2O7. The summed E-state index contributed by atoms with van der Waals surface area (Å²) in [6, 6.07) is 13.5. The number of rotatable bonds is 7. The number of fused-ring (bicyclic) bond motifs is 3. The molecule has 2 aromatic carbocycles. The Bertz CT molecular complexity index is 1790. The first-order valence-corrected chi connectivity index (χ1v) is 16.7. The van der Waals surface area contributed by atoms with E-state index in [4.69, 9.17) is 9.47 Å². The minimum absolute atomic E-state index is 0.112. The third kappa shape index (κ3) is 5.40. The number of piperidine rings is 1. The lowest BCUT2D eigenvalue weighted by Gasteiger charge is -2.41. The lowest BCUT2D eigenvalue weighted by molar-refractivity contribution is -0.144. The van der Waals surface area contributed by atoms with Crippen LogP contribution in [-0.2, 0) is 25.7 Å². The number of phenols is 1. The molecule has 2 aromatic rings. The number of ether oxygens (including phenoxy) is 2. The van der Waals surface area contributed by atoms with Crippen LogP contribution in [0.25, 0.3) is 6.08 Å². The number of nitrogens with zero attached hydrogens (tertiary/aromatic N) is 2. The summed E-state index contributed by atoms with van der Waals surface area (Å²) in [5.74, 6) is -2.28. The zero-order valence-electron chi connectivity index (χ0n) is 27.5. The summed E-state index contributed by atoms with van der Waals surface area (Å²) in [5, 5.41) is 10.4. The molecule has 2 saturated heterocycles. The highest BCUT2D eigenvalue weighted by atomic mass is 16.5. The second-order valence-electron chi connectivity index (χ2n) is 13.4. The van der Waals surface area contributed by atoms with Crippen molar-refractivity contribution in [1.82, 2.24) is 9.80 Å². The minimum Gasteiger partial charge on any atom is -0.502 e. The Morgan fingerprint density at radius 1 is 0.938 bits per heavy atom. The van der Waals surface area contributed by atoms with Gasteiger partial charge in [-0.2, -0.15) is 0 Å². The lowest BCUT2D eigenvalue weighted by Crippen LogP contribution is -2.47. The summed E-state index contributed by atoms with van der Waals surface area (Å²) in [6.45, 7) is 4.09. The van der Waals surface area contributed by atoms with Crippen molar-refractivity contribution in [1.29, 1.82) is 0 Å². The highest BCUT2D eigenvalue weighted by molar-refractivity contribution is 6.23.